The van der Waals surface area contributed by atoms with Crippen molar-refractivity contribution in [3.8, 4) is 6.01 Å². The van der Waals surface area contributed by atoms with Crippen LogP contribution in [0, 0.1) is 0 Å². The van der Waals surface area contributed by atoms with E-state index in [4.69, 9.17) is 5.73 Å². The lowest BCUT2D eigenvalue weighted by atomic mass is 10.1. The zero-order valence-electron chi connectivity index (χ0n) is 14.5. The number of carbonyl (C=O) groups is 1. The summed E-state index contributed by atoms with van der Waals surface area (Å²) in [6, 6.07) is 2.59. The van der Waals surface area contributed by atoms with Crippen molar-refractivity contribution in [2.45, 2.75) is 19.3 Å². The first-order valence-electron chi connectivity index (χ1n) is 7.73. The van der Waals surface area contributed by atoms with E-state index in [0.29, 0.717) is 6.20 Å². The van der Waals surface area contributed by atoms with Crippen molar-refractivity contribution in [1.82, 2.24) is 9.97 Å². The first-order valence-corrected chi connectivity index (χ1v) is 7.73. The number of aromatic nitrogens is 2. The molecule has 2 N–H and O–H groups in total. The van der Waals surface area contributed by atoms with Gasteiger partial charge in [-0.05, 0) is 19.1 Å². The fourth-order valence-corrected chi connectivity index (χ4v) is 1.96. The molecule has 156 valence electrons. The largest absolute Gasteiger partial charge is 0.462 e. The van der Waals surface area contributed by atoms with Gasteiger partial charge in [0.1, 0.15) is 5.56 Å². The molecular weight excluding hydrogens is 410 g/mol. The molecule has 0 bridgehead atoms. The van der Waals surface area contributed by atoms with Gasteiger partial charge < -0.3 is 15.3 Å². The summed E-state index contributed by atoms with van der Waals surface area (Å²) in [6.07, 6.45) is -9.03. The van der Waals surface area contributed by atoms with Crippen LogP contribution in [0.15, 0.2) is 35.6 Å². The van der Waals surface area contributed by atoms with Crippen LogP contribution in [-0.2, 0) is 17.1 Å². The number of nitrogens with two attached hydrogens (primary N) is 1. The summed E-state index contributed by atoms with van der Waals surface area (Å²) >= 11 is 0. The molecule has 0 fully saturated rings. The van der Waals surface area contributed by atoms with E-state index in [2.05, 4.69) is 24.7 Å². The Labute approximate surface area is 159 Å². The zero-order valence-corrected chi connectivity index (χ0v) is 14.5. The van der Waals surface area contributed by atoms with Gasteiger partial charge in [0.05, 0.1) is 12.2 Å². The van der Waals surface area contributed by atoms with Crippen molar-refractivity contribution in [3.05, 3.63) is 52.8 Å². The highest BCUT2D eigenvalue weighted by molar-refractivity contribution is 5.97. The summed E-state index contributed by atoms with van der Waals surface area (Å²) in [5.41, 5.74) is 2.09. The molecule has 0 spiro atoms. The molecule has 0 aliphatic carbocycles. The van der Waals surface area contributed by atoms with Crippen LogP contribution >= 0.6 is 0 Å². The first kappa shape index (κ1) is 21.9. The number of benzene rings is 1. The minimum Gasteiger partial charge on any atom is -0.462 e. The van der Waals surface area contributed by atoms with E-state index in [1.165, 1.54) is 6.92 Å². The van der Waals surface area contributed by atoms with Crippen LogP contribution in [0.3, 0.4) is 0 Å². The average Bonchev–Trinajstić information content (AvgIpc) is 2.64. The lowest BCUT2D eigenvalue weighted by molar-refractivity contribution is -0.142. The van der Waals surface area contributed by atoms with Gasteiger partial charge in [-0.3, -0.25) is 0 Å². The standard InChI is InChI=1S/C16H12F6N4O3/c1-2-28-13(27)10-7-24-14(25-11(10)16(20,21)22)29-26-12(23)8-3-5-9(6-4-8)15(17,18)19/h3-7H,2H2,1H3,(H2,23,26). The number of rotatable bonds is 5. The number of halogens is 6. The van der Waals surface area contributed by atoms with Gasteiger partial charge in [-0.25, -0.2) is 9.78 Å². The molecule has 29 heavy (non-hydrogen) atoms. The SMILES string of the molecule is CCOC(=O)c1cnc(O/N=C(/N)c2ccc(C(F)(F)F)cc2)nc1C(F)(F)F. The lowest BCUT2D eigenvalue weighted by Crippen LogP contribution is -2.19. The minimum atomic E-state index is -5.02. The predicted octanol–water partition coefficient (Wildman–Crippen LogP) is 3.39. The highest BCUT2D eigenvalue weighted by Crippen LogP contribution is 2.31. The summed E-state index contributed by atoms with van der Waals surface area (Å²) in [6.45, 7) is 1.24. The number of esters is 1. The predicted molar refractivity (Wildman–Crippen MR) is 85.8 cm³/mol. The second kappa shape index (κ2) is 8.32. The van der Waals surface area contributed by atoms with Gasteiger partial charge in [-0.15, -0.1) is 0 Å². The molecule has 13 heteroatoms. The molecule has 1 aromatic heterocycles. The fraction of sp³-hybridized carbons (Fsp3) is 0.250. The van der Waals surface area contributed by atoms with Crippen LogP contribution in [0.5, 0.6) is 6.01 Å². The van der Waals surface area contributed by atoms with Crippen molar-refractivity contribution in [3.63, 3.8) is 0 Å². The average molecular weight is 422 g/mol. The van der Waals surface area contributed by atoms with E-state index in [-0.39, 0.29) is 12.2 Å². The topological polar surface area (TPSA) is 99.7 Å². The summed E-state index contributed by atoms with van der Waals surface area (Å²) in [5, 5.41) is 3.30. The Kier molecular flexibility index (Phi) is 6.29. The van der Waals surface area contributed by atoms with Crippen LogP contribution in [0.4, 0.5) is 26.3 Å². The molecule has 0 saturated carbocycles. The van der Waals surface area contributed by atoms with E-state index >= 15 is 0 Å². The monoisotopic (exact) mass is 422 g/mol. The van der Waals surface area contributed by atoms with Gasteiger partial charge in [0.25, 0.3) is 0 Å². The smallest absolute Gasteiger partial charge is 0.434 e. The van der Waals surface area contributed by atoms with Crippen LogP contribution in [-0.4, -0.2) is 28.4 Å². The number of carbonyl (C=O) groups excluding carboxylic acids is 1. The molecule has 0 aliphatic heterocycles. The van der Waals surface area contributed by atoms with Crippen molar-refractivity contribution in [2.75, 3.05) is 6.61 Å². The molecule has 7 nitrogen and oxygen atoms in total. The molecule has 1 aromatic carbocycles. The maximum Gasteiger partial charge on any atom is 0.434 e. The molecule has 0 saturated heterocycles. The summed E-state index contributed by atoms with van der Waals surface area (Å²) in [7, 11) is 0. The molecule has 0 atom stereocenters. The highest BCUT2D eigenvalue weighted by atomic mass is 19.4. The van der Waals surface area contributed by atoms with E-state index in [0.717, 1.165) is 24.3 Å². The van der Waals surface area contributed by atoms with Crippen LogP contribution in [0.1, 0.15) is 34.1 Å². The number of oxime groups is 1. The molecule has 2 rings (SSSR count). The second-order valence-corrected chi connectivity index (χ2v) is 5.28. The van der Waals surface area contributed by atoms with E-state index in [1.807, 2.05) is 0 Å². The summed E-state index contributed by atoms with van der Waals surface area (Å²) in [4.78, 5) is 22.7. The number of amidine groups is 1. The van der Waals surface area contributed by atoms with Gasteiger partial charge in [0.15, 0.2) is 11.5 Å². The third-order valence-corrected chi connectivity index (χ3v) is 3.26. The third-order valence-electron chi connectivity index (χ3n) is 3.26. The number of hydrogen-bond acceptors (Lipinski definition) is 6. The van der Waals surface area contributed by atoms with Gasteiger partial charge in [0, 0.05) is 11.8 Å². The van der Waals surface area contributed by atoms with Crippen molar-refractivity contribution < 1.29 is 40.7 Å². The number of nitrogens with zero attached hydrogens (tertiary/aromatic N) is 3. The number of ether oxygens (including phenoxy) is 1. The quantitative estimate of drug-likeness (QED) is 0.261. The Hall–Kier alpha value is -3.38. The fourth-order valence-electron chi connectivity index (χ4n) is 1.96. The Morgan fingerprint density at radius 1 is 1.10 bits per heavy atom. The molecule has 0 amide bonds. The van der Waals surface area contributed by atoms with E-state index in [1.54, 1.807) is 0 Å². The molecule has 0 aliphatic rings. The molecule has 0 unspecified atom stereocenters. The Morgan fingerprint density at radius 2 is 1.72 bits per heavy atom. The Morgan fingerprint density at radius 3 is 2.24 bits per heavy atom. The minimum absolute atomic E-state index is 0.0113. The molecule has 0 radical (unpaired) electrons. The van der Waals surface area contributed by atoms with Crippen molar-refractivity contribution in [2.24, 2.45) is 10.9 Å². The maximum atomic E-state index is 13.1. The van der Waals surface area contributed by atoms with Crippen LogP contribution < -0.4 is 10.6 Å². The second-order valence-electron chi connectivity index (χ2n) is 5.28. The number of alkyl halides is 6. The van der Waals surface area contributed by atoms with E-state index in [9.17, 15) is 31.1 Å². The van der Waals surface area contributed by atoms with Crippen molar-refractivity contribution >= 4 is 11.8 Å². The Bertz CT molecular complexity index is 910. The normalized spacial score (nSPS) is 12.6. The van der Waals surface area contributed by atoms with Crippen LogP contribution in [0.25, 0.3) is 0 Å². The highest BCUT2D eigenvalue weighted by Gasteiger charge is 2.39. The lowest BCUT2D eigenvalue weighted by Gasteiger charge is -2.11. The molecular formula is C16H12F6N4O3. The number of hydrogen-bond donors (Lipinski definition) is 1. The molecule has 2 aromatic rings. The van der Waals surface area contributed by atoms with Gasteiger partial charge in [-0.1, -0.05) is 17.3 Å². The van der Waals surface area contributed by atoms with E-state index < -0.39 is 47.0 Å². The van der Waals surface area contributed by atoms with Gasteiger partial charge in [0.2, 0.25) is 0 Å². The summed E-state index contributed by atoms with van der Waals surface area (Å²) in [5.74, 6) is -1.72. The maximum absolute atomic E-state index is 13.1. The summed E-state index contributed by atoms with van der Waals surface area (Å²) < 4.78 is 81.5. The van der Waals surface area contributed by atoms with Gasteiger partial charge in [-0.2, -0.15) is 31.3 Å². The third kappa shape index (κ3) is 5.56. The first-order chi connectivity index (χ1) is 13.4. The van der Waals surface area contributed by atoms with Gasteiger partial charge >= 0.3 is 24.3 Å². The molecule has 1 heterocycles. The van der Waals surface area contributed by atoms with Crippen molar-refractivity contribution in [1.29, 1.82) is 0 Å². The van der Waals surface area contributed by atoms with Crippen LogP contribution in [0.2, 0.25) is 0 Å². The zero-order chi connectivity index (χ0) is 21.8. The Balaban J connectivity index is 2.26.